The van der Waals surface area contributed by atoms with Gasteiger partial charge in [0.25, 0.3) is 0 Å². The van der Waals surface area contributed by atoms with Crippen LogP contribution in [0.2, 0.25) is 0 Å². The fourth-order valence-corrected chi connectivity index (χ4v) is 3.38. The standard InChI is InChI=1S/C11H25NO2S/c1-5-8-10(12-9-6-2)11(7-3)15(4,13)14/h10-12H,5-9H2,1-4H3. The van der Waals surface area contributed by atoms with Gasteiger partial charge in [0.15, 0.2) is 9.84 Å². The summed E-state index contributed by atoms with van der Waals surface area (Å²) in [6, 6.07) is 0.120. The van der Waals surface area contributed by atoms with Crippen molar-refractivity contribution in [2.75, 3.05) is 12.8 Å². The Bertz CT molecular complexity index is 249. The third-order valence-corrected chi connectivity index (χ3v) is 4.42. The van der Waals surface area contributed by atoms with Crippen LogP contribution in [0.15, 0.2) is 0 Å². The van der Waals surface area contributed by atoms with Crippen LogP contribution in [0.25, 0.3) is 0 Å². The Labute approximate surface area is 94.6 Å². The van der Waals surface area contributed by atoms with Crippen LogP contribution in [0.3, 0.4) is 0 Å². The molecule has 0 fully saturated rings. The van der Waals surface area contributed by atoms with Crippen molar-refractivity contribution in [3.05, 3.63) is 0 Å². The first kappa shape index (κ1) is 14.9. The van der Waals surface area contributed by atoms with E-state index in [9.17, 15) is 8.42 Å². The third-order valence-electron chi connectivity index (χ3n) is 2.66. The molecule has 0 bridgehead atoms. The maximum absolute atomic E-state index is 11.6. The van der Waals surface area contributed by atoms with Crippen LogP contribution in [0.5, 0.6) is 0 Å². The normalized spacial score (nSPS) is 16.3. The molecule has 0 saturated heterocycles. The molecule has 0 aromatic heterocycles. The van der Waals surface area contributed by atoms with E-state index in [1.165, 1.54) is 6.26 Å². The van der Waals surface area contributed by atoms with Crippen molar-refractivity contribution >= 4 is 9.84 Å². The number of nitrogens with one attached hydrogen (secondary N) is 1. The topological polar surface area (TPSA) is 46.2 Å². The molecule has 0 aromatic carbocycles. The molecule has 0 rings (SSSR count). The number of hydrogen-bond acceptors (Lipinski definition) is 3. The lowest BCUT2D eigenvalue weighted by Gasteiger charge is -2.25. The first-order chi connectivity index (χ1) is 6.97. The maximum atomic E-state index is 11.6. The fraction of sp³-hybridized carbons (Fsp3) is 1.00. The van der Waals surface area contributed by atoms with Crippen molar-refractivity contribution in [2.45, 2.75) is 57.7 Å². The lowest BCUT2D eigenvalue weighted by atomic mass is 10.1. The van der Waals surface area contributed by atoms with Crippen LogP contribution in [0.1, 0.15) is 46.5 Å². The minimum atomic E-state index is -2.93. The predicted octanol–water partition coefficient (Wildman–Crippen LogP) is 1.98. The number of hydrogen-bond donors (Lipinski definition) is 1. The van der Waals surface area contributed by atoms with Crippen LogP contribution in [0, 0.1) is 0 Å². The predicted molar refractivity (Wildman–Crippen MR) is 65.9 cm³/mol. The Morgan fingerprint density at radius 1 is 1.13 bits per heavy atom. The Morgan fingerprint density at radius 2 is 1.73 bits per heavy atom. The highest BCUT2D eigenvalue weighted by Gasteiger charge is 2.27. The number of rotatable bonds is 8. The van der Waals surface area contributed by atoms with Gasteiger partial charge in [-0.15, -0.1) is 0 Å². The zero-order chi connectivity index (χ0) is 11.9. The van der Waals surface area contributed by atoms with Gasteiger partial charge in [-0.3, -0.25) is 0 Å². The van der Waals surface area contributed by atoms with E-state index >= 15 is 0 Å². The summed E-state index contributed by atoms with van der Waals surface area (Å²) >= 11 is 0. The summed E-state index contributed by atoms with van der Waals surface area (Å²) in [7, 11) is -2.93. The summed E-state index contributed by atoms with van der Waals surface area (Å²) in [6.45, 7) is 7.03. The summed E-state index contributed by atoms with van der Waals surface area (Å²) in [6.07, 6.45) is 5.04. The second-order valence-corrected chi connectivity index (χ2v) is 6.39. The highest BCUT2D eigenvalue weighted by Crippen LogP contribution is 2.14. The quantitative estimate of drug-likeness (QED) is 0.700. The minimum Gasteiger partial charge on any atom is -0.313 e. The Balaban J connectivity index is 4.54. The second kappa shape index (κ2) is 7.23. The lowest BCUT2D eigenvalue weighted by Crippen LogP contribution is -2.43. The largest absolute Gasteiger partial charge is 0.313 e. The van der Waals surface area contributed by atoms with Gasteiger partial charge < -0.3 is 5.32 Å². The van der Waals surface area contributed by atoms with E-state index in [2.05, 4.69) is 19.2 Å². The fourth-order valence-electron chi connectivity index (χ4n) is 1.95. The van der Waals surface area contributed by atoms with E-state index in [0.717, 1.165) is 25.8 Å². The first-order valence-electron chi connectivity index (χ1n) is 5.89. The van der Waals surface area contributed by atoms with Crippen LogP contribution >= 0.6 is 0 Å². The van der Waals surface area contributed by atoms with Gasteiger partial charge in [0.2, 0.25) is 0 Å². The van der Waals surface area contributed by atoms with Crippen LogP contribution in [-0.2, 0) is 9.84 Å². The molecule has 0 amide bonds. The highest BCUT2D eigenvalue weighted by atomic mass is 32.2. The van der Waals surface area contributed by atoms with Gasteiger partial charge >= 0.3 is 0 Å². The van der Waals surface area contributed by atoms with Gasteiger partial charge in [0, 0.05) is 12.3 Å². The van der Waals surface area contributed by atoms with Crippen molar-refractivity contribution in [3.63, 3.8) is 0 Å². The summed E-state index contributed by atoms with van der Waals surface area (Å²) < 4.78 is 23.2. The summed E-state index contributed by atoms with van der Waals surface area (Å²) in [5.41, 5.74) is 0. The van der Waals surface area contributed by atoms with Gasteiger partial charge in [-0.05, 0) is 25.8 Å². The zero-order valence-corrected chi connectivity index (χ0v) is 11.2. The SMILES string of the molecule is CCCNC(CCC)C(CC)S(C)(=O)=O. The van der Waals surface area contributed by atoms with Crippen molar-refractivity contribution in [1.82, 2.24) is 5.32 Å². The van der Waals surface area contributed by atoms with Crippen molar-refractivity contribution in [3.8, 4) is 0 Å². The maximum Gasteiger partial charge on any atom is 0.151 e. The van der Waals surface area contributed by atoms with E-state index in [1.54, 1.807) is 0 Å². The van der Waals surface area contributed by atoms with Gasteiger partial charge in [-0.25, -0.2) is 8.42 Å². The molecule has 0 aliphatic rings. The lowest BCUT2D eigenvalue weighted by molar-refractivity contribution is 0.438. The minimum absolute atomic E-state index is 0.120. The van der Waals surface area contributed by atoms with E-state index in [-0.39, 0.29) is 11.3 Å². The Hall–Kier alpha value is -0.0900. The molecule has 2 atom stereocenters. The summed E-state index contributed by atoms with van der Waals surface area (Å²) in [5.74, 6) is 0. The van der Waals surface area contributed by atoms with Gasteiger partial charge in [0.1, 0.15) is 0 Å². The van der Waals surface area contributed by atoms with Gasteiger partial charge in [-0.1, -0.05) is 27.2 Å². The van der Waals surface area contributed by atoms with E-state index in [1.807, 2.05) is 6.92 Å². The molecule has 0 spiro atoms. The van der Waals surface area contributed by atoms with E-state index in [0.29, 0.717) is 6.42 Å². The molecule has 0 aliphatic carbocycles. The second-order valence-electron chi connectivity index (χ2n) is 4.13. The molecule has 3 nitrogen and oxygen atoms in total. The van der Waals surface area contributed by atoms with E-state index in [4.69, 9.17) is 0 Å². The van der Waals surface area contributed by atoms with Crippen LogP contribution < -0.4 is 5.32 Å². The average Bonchev–Trinajstić information content (AvgIpc) is 2.13. The number of sulfone groups is 1. The van der Waals surface area contributed by atoms with Crippen molar-refractivity contribution in [1.29, 1.82) is 0 Å². The molecular formula is C11H25NO2S. The van der Waals surface area contributed by atoms with Crippen molar-refractivity contribution in [2.24, 2.45) is 0 Å². The molecule has 1 N–H and O–H groups in total. The molecule has 0 heterocycles. The molecule has 0 saturated carbocycles. The van der Waals surface area contributed by atoms with Gasteiger partial charge in [0.05, 0.1) is 5.25 Å². The third kappa shape index (κ3) is 5.52. The molecule has 0 aromatic rings. The first-order valence-corrected chi connectivity index (χ1v) is 7.85. The Kier molecular flexibility index (Phi) is 7.18. The molecular weight excluding hydrogens is 210 g/mol. The zero-order valence-electron chi connectivity index (χ0n) is 10.4. The molecule has 2 unspecified atom stereocenters. The Morgan fingerprint density at radius 3 is 2.07 bits per heavy atom. The molecule has 92 valence electrons. The van der Waals surface area contributed by atoms with Crippen LogP contribution in [0.4, 0.5) is 0 Å². The molecule has 0 radical (unpaired) electrons. The summed E-state index contributed by atoms with van der Waals surface area (Å²) in [4.78, 5) is 0. The average molecular weight is 235 g/mol. The smallest absolute Gasteiger partial charge is 0.151 e. The molecule has 15 heavy (non-hydrogen) atoms. The van der Waals surface area contributed by atoms with E-state index < -0.39 is 9.84 Å². The van der Waals surface area contributed by atoms with Gasteiger partial charge in [-0.2, -0.15) is 0 Å². The molecule has 4 heteroatoms. The summed E-state index contributed by atoms with van der Waals surface area (Å²) in [5, 5.41) is 3.12. The monoisotopic (exact) mass is 235 g/mol. The molecule has 0 aliphatic heterocycles. The highest BCUT2D eigenvalue weighted by molar-refractivity contribution is 7.91. The van der Waals surface area contributed by atoms with Crippen LogP contribution in [-0.4, -0.2) is 32.5 Å². The van der Waals surface area contributed by atoms with Crippen molar-refractivity contribution < 1.29 is 8.42 Å².